The van der Waals surface area contributed by atoms with Gasteiger partial charge in [-0.05, 0) is 42.5 Å². The topological polar surface area (TPSA) is 17.1 Å². The Hall–Kier alpha value is -1.37. The van der Waals surface area contributed by atoms with E-state index in [4.69, 9.17) is 0 Å². The zero-order chi connectivity index (χ0) is 12.3. The molecule has 0 aliphatic heterocycles. The normalized spacial score (nSPS) is 12.1. The van der Waals surface area contributed by atoms with E-state index in [1.165, 1.54) is 5.56 Å². The molecule has 1 nitrogen and oxygen atoms in total. The number of benzene rings is 1. The van der Waals surface area contributed by atoms with E-state index in [0.717, 1.165) is 11.1 Å². The molecule has 0 atom stereocenters. The zero-order valence-electron chi connectivity index (χ0n) is 10.8. The number of carbonyl (C=O) groups excluding carboxylic acids is 1. The summed E-state index contributed by atoms with van der Waals surface area (Å²) in [5, 5.41) is 0. The summed E-state index contributed by atoms with van der Waals surface area (Å²) in [5.74, 6) is 0.0890. The molecule has 0 N–H and O–H groups in total. The Morgan fingerprint density at radius 2 is 1.88 bits per heavy atom. The van der Waals surface area contributed by atoms with Crippen LogP contribution in [0.4, 0.5) is 0 Å². The van der Waals surface area contributed by atoms with Crippen molar-refractivity contribution in [3.63, 3.8) is 0 Å². The lowest BCUT2D eigenvalue weighted by atomic mass is 9.85. The Labute approximate surface area is 98.2 Å². The molecule has 0 aliphatic rings. The van der Waals surface area contributed by atoms with Gasteiger partial charge in [-0.15, -0.1) is 0 Å². The largest absolute Gasteiger partial charge is 0.289 e. The van der Waals surface area contributed by atoms with E-state index in [1.54, 1.807) is 12.2 Å². The van der Waals surface area contributed by atoms with Crippen LogP contribution in [0.3, 0.4) is 0 Å². The van der Waals surface area contributed by atoms with Crippen LogP contribution in [-0.2, 0) is 5.41 Å². The summed E-state index contributed by atoms with van der Waals surface area (Å²) in [6.45, 7) is 10.3. The summed E-state index contributed by atoms with van der Waals surface area (Å²) >= 11 is 0. The fraction of sp³-hybridized carbons (Fsp3) is 0.400. The molecule has 0 unspecified atom stereocenters. The Kier molecular flexibility index (Phi) is 3.69. The number of rotatable bonds is 2. The van der Waals surface area contributed by atoms with Crippen LogP contribution in [0.15, 0.2) is 30.4 Å². The molecule has 0 fully saturated rings. The summed E-state index contributed by atoms with van der Waals surface area (Å²) in [4.78, 5) is 11.9. The summed E-state index contributed by atoms with van der Waals surface area (Å²) in [6.07, 6.45) is 3.40. The van der Waals surface area contributed by atoms with Crippen LogP contribution in [0.2, 0.25) is 0 Å². The van der Waals surface area contributed by atoms with E-state index < -0.39 is 0 Å². The molecule has 0 saturated carbocycles. The first kappa shape index (κ1) is 12.7. The van der Waals surface area contributed by atoms with E-state index in [-0.39, 0.29) is 11.2 Å². The van der Waals surface area contributed by atoms with E-state index in [0.29, 0.717) is 0 Å². The van der Waals surface area contributed by atoms with Gasteiger partial charge in [0.1, 0.15) is 0 Å². The predicted molar refractivity (Wildman–Crippen MR) is 69.0 cm³/mol. The standard InChI is InChI=1S/C15H20O/c1-6-7-14(16)13-10-12(15(3,4)5)9-8-11(13)2/h6-10H,1-5H3. The van der Waals surface area contributed by atoms with Gasteiger partial charge in [-0.1, -0.05) is 39.0 Å². The lowest BCUT2D eigenvalue weighted by molar-refractivity contribution is 0.104. The molecule has 1 aromatic rings. The van der Waals surface area contributed by atoms with Crippen molar-refractivity contribution in [3.05, 3.63) is 47.0 Å². The minimum atomic E-state index is 0.0820. The molecule has 1 heteroatoms. The molecule has 0 heterocycles. The van der Waals surface area contributed by atoms with Gasteiger partial charge < -0.3 is 0 Å². The second kappa shape index (κ2) is 4.65. The van der Waals surface area contributed by atoms with Crippen LogP contribution in [0.5, 0.6) is 0 Å². The van der Waals surface area contributed by atoms with Gasteiger partial charge in [-0.2, -0.15) is 0 Å². The molecule has 86 valence electrons. The van der Waals surface area contributed by atoms with Crippen molar-refractivity contribution < 1.29 is 4.79 Å². The van der Waals surface area contributed by atoms with Crippen molar-refractivity contribution >= 4 is 5.78 Å². The molecule has 0 spiro atoms. The Morgan fingerprint density at radius 3 is 2.38 bits per heavy atom. The molecule has 16 heavy (non-hydrogen) atoms. The monoisotopic (exact) mass is 216 g/mol. The van der Waals surface area contributed by atoms with E-state index in [1.807, 2.05) is 26.0 Å². The highest BCUT2D eigenvalue weighted by molar-refractivity contribution is 6.05. The first-order valence-corrected chi connectivity index (χ1v) is 5.64. The van der Waals surface area contributed by atoms with E-state index >= 15 is 0 Å². The summed E-state index contributed by atoms with van der Waals surface area (Å²) in [5.41, 5.74) is 3.13. The molecule has 0 saturated heterocycles. The summed E-state index contributed by atoms with van der Waals surface area (Å²) < 4.78 is 0. The molecule has 0 aromatic heterocycles. The van der Waals surface area contributed by atoms with Crippen molar-refractivity contribution in [3.8, 4) is 0 Å². The van der Waals surface area contributed by atoms with E-state index in [9.17, 15) is 4.79 Å². The first-order chi connectivity index (χ1) is 7.36. The van der Waals surface area contributed by atoms with Crippen LogP contribution in [0, 0.1) is 6.92 Å². The lowest BCUT2D eigenvalue weighted by Crippen LogP contribution is -2.12. The fourth-order valence-corrected chi connectivity index (χ4v) is 1.60. The smallest absolute Gasteiger partial charge is 0.185 e. The summed E-state index contributed by atoms with van der Waals surface area (Å²) in [7, 11) is 0. The van der Waals surface area contributed by atoms with Crippen LogP contribution >= 0.6 is 0 Å². The molecule has 0 bridgehead atoms. The highest BCUT2D eigenvalue weighted by atomic mass is 16.1. The van der Waals surface area contributed by atoms with E-state index in [2.05, 4.69) is 26.8 Å². The predicted octanol–water partition coefficient (Wildman–Crippen LogP) is 4.05. The van der Waals surface area contributed by atoms with Crippen molar-refractivity contribution in [1.29, 1.82) is 0 Å². The third-order valence-corrected chi connectivity index (χ3v) is 2.69. The van der Waals surface area contributed by atoms with Gasteiger partial charge in [0.15, 0.2) is 5.78 Å². The third-order valence-electron chi connectivity index (χ3n) is 2.69. The summed E-state index contributed by atoms with van der Waals surface area (Å²) in [6, 6.07) is 6.14. The quantitative estimate of drug-likeness (QED) is 0.538. The highest BCUT2D eigenvalue weighted by Gasteiger charge is 2.16. The Morgan fingerprint density at radius 1 is 1.25 bits per heavy atom. The number of ketones is 1. The highest BCUT2D eigenvalue weighted by Crippen LogP contribution is 2.24. The molecular formula is C15H20O. The van der Waals surface area contributed by atoms with Gasteiger partial charge in [0.05, 0.1) is 0 Å². The molecule has 1 aromatic carbocycles. The van der Waals surface area contributed by atoms with Gasteiger partial charge in [0, 0.05) is 5.56 Å². The SMILES string of the molecule is CC=CC(=O)c1cc(C(C)(C)C)ccc1C. The number of allylic oxidation sites excluding steroid dienone is 2. The maximum absolute atomic E-state index is 11.9. The number of hydrogen-bond donors (Lipinski definition) is 0. The van der Waals surface area contributed by atoms with Crippen LogP contribution in [0.25, 0.3) is 0 Å². The molecule has 0 amide bonds. The second-order valence-corrected chi connectivity index (χ2v) is 5.14. The number of aryl methyl sites for hydroxylation is 1. The number of carbonyl (C=O) groups is 1. The van der Waals surface area contributed by atoms with Crippen molar-refractivity contribution in [2.24, 2.45) is 0 Å². The molecule has 0 aliphatic carbocycles. The van der Waals surface area contributed by atoms with Crippen molar-refractivity contribution in [2.75, 3.05) is 0 Å². The van der Waals surface area contributed by atoms with Crippen LogP contribution in [-0.4, -0.2) is 5.78 Å². The Balaban J connectivity index is 3.24. The molecule has 1 rings (SSSR count). The van der Waals surface area contributed by atoms with Gasteiger partial charge in [-0.3, -0.25) is 4.79 Å². The Bertz CT molecular complexity index is 420. The lowest BCUT2D eigenvalue weighted by Gasteiger charge is -2.20. The van der Waals surface area contributed by atoms with Crippen molar-refractivity contribution in [2.45, 2.75) is 40.0 Å². The third kappa shape index (κ3) is 2.82. The zero-order valence-corrected chi connectivity index (χ0v) is 10.8. The average molecular weight is 216 g/mol. The second-order valence-electron chi connectivity index (χ2n) is 5.14. The van der Waals surface area contributed by atoms with Gasteiger partial charge >= 0.3 is 0 Å². The maximum Gasteiger partial charge on any atom is 0.185 e. The van der Waals surface area contributed by atoms with Crippen LogP contribution < -0.4 is 0 Å². The molecular weight excluding hydrogens is 196 g/mol. The van der Waals surface area contributed by atoms with Gasteiger partial charge in [0.2, 0.25) is 0 Å². The van der Waals surface area contributed by atoms with Crippen molar-refractivity contribution in [1.82, 2.24) is 0 Å². The van der Waals surface area contributed by atoms with Gasteiger partial charge in [-0.25, -0.2) is 0 Å². The number of hydrogen-bond acceptors (Lipinski definition) is 1. The van der Waals surface area contributed by atoms with Gasteiger partial charge in [0.25, 0.3) is 0 Å². The maximum atomic E-state index is 11.9. The first-order valence-electron chi connectivity index (χ1n) is 5.64. The minimum absolute atomic E-state index is 0.0820. The average Bonchev–Trinajstić information content (AvgIpc) is 2.16. The minimum Gasteiger partial charge on any atom is -0.289 e. The molecule has 0 radical (unpaired) electrons. The van der Waals surface area contributed by atoms with Crippen LogP contribution in [0.1, 0.15) is 49.2 Å². The fourth-order valence-electron chi connectivity index (χ4n) is 1.60.